The summed E-state index contributed by atoms with van der Waals surface area (Å²) in [4.78, 5) is 38.4. The SMILES string of the molecule is CC1=C(O)C(=O)C=C2C1=CC=C1[C@@]2(C)CC[C@@]2(C)[C@@H]3CC(C)(C)CC[C@]3(C)CC[C@]12C.COC(=O)[C@]1(C)CC[C@]2(C)CC[C@]3(C)C4=CCc5c(cc(OC)c(O)c5C)[C@]4(C)CC[C@@]3(C)[C@@H]2C1.COC(=O)[C@]1(C)CC[C@]2(C)CC[C@]3(C)C4=CCc5c(cc(OC)c(OC)c5C)[C@]4(C)CC[C@@]3(C)[C@@H]2C1. The van der Waals surface area contributed by atoms with Gasteiger partial charge in [-0.15, -0.1) is 0 Å². The maximum atomic E-state index is 12.9. The van der Waals surface area contributed by atoms with E-state index in [1.807, 2.05) is 13.8 Å². The number of allylic oxidation sites excluding steroid dienone is 11. The van der Waals surface area contributed by atoms with Gasteiger partial charge in [-0.25, -0.2) is 0 Å². The molecule has 558 valence electrons. The highest BCUT2D eigenvalue weighted by atomic mass is 16.5. The Morgan fingerprint density at radius 1 is 0.441 bits per heavy atom. The Hall–Kier alpha value is -5.51. The molecule has 0 radical (unpaired) electrons. The fourth-order valence-corrected chi connectivity index (χ4v) is 27.4. The van der Waals surface area contributed by atoms with Crippen LogP contribution in [0.3, 0.4) is 0 Å². The number of ketones is 1. The summed E-state index contributed by atoms with van der Waals surface area (Å²) >= 11 is 0. The maximum Gasteiger partial charge on any atom is 0.311 e. The maximum absolute atomic E-state index is 12.9. The van der Waals surface area contributed by atoms with Crippen LogP contribution >= 0.6 is 0 Å². The fraction of sp³-hybridized carbons (Fsp3) is 0.707. The summed E-state index contributed by atoms with van der Waals surface area (Å²) in [6.45, 7) is 45.5. The van der Waals surface area contributed by atoms with Crippen molar-refractivity contribution in [2.75, 3.05) is 35.5 Å². The number of fused-ring (bicyclic) bond motifs is 21. The summed E-state index contributed by atoms with van der Waals surface area (Å²) in [6, 6.07) is 4.38. The molecular formula is C92H130O10. The predicted octanol–water partition coefficient (Wildman–Crippen LogP) is 22.0. The highest BCUT2D eigenvalue weighted by molar-refractivity contribution is 6.06. The van der Waals surface area contributed by atoms with Crippen molar-refractivity contribution in [3.05, 3.63) is 115 Å². The van der Waals surface area contributed by atoms with E-state index in [2.05, 4.69) is 154 Å². The quantitative estimate of drug-likeness (QED) is 0.220. The number of carbonyl (C=O) groups is 3. The van der Waals surface area contributed by atoms with Gasteiger partial charge in [0.15, 0.2) is 28.8 Å². The molecule has 15 rings (SSSR count). The molecule has 0 saturated heterocycles. The van der Waals surface area contributed by atoms with Crippen LogP contribution in [0.15, 0.2) is 81.7 Å². The average molecular weight is 1400 g/mol. The second kappa shape index (κ2) is 24.0. The van der Waals surface area contributed by atoms with Crippen LogP contribution in [-0.2, 0) is 47.5 Å². The van der Waals surface area contributed by atoms with Crippen LogP contribution < -0.4 is 14.2 Å². The standard InChI is InChI=1S/C32H46O4.C31H44O4.C29H40O2/c1-20-21-10-11-24-30(4,22(21)18-23(34-7)26(20)35-8)15-17-32(6)25-19-29(3,27(33)36-9)13-12-28(25,2)14-16-31(24,32)5;1-19-20-9-10-23-29(4,21(20)17-22(34-7)25(19)32)14-16-31(6)24-18-28(3,26(33)35-8)12-11-27(24,2)13-15-30(23,31)5;1-18-19-8-9-22-27(5,20(19)16-21(30)24(18)31)13-15-29(7)23-17-25(2,3)10-11-26(23,4)12-14-28(22,29)6/h11,18,25H,10,12-17,19H2,1-9H3;10,17,24,32H,9,11-16,18H2,1-8H3;8-9,16,23,31H,10-15,17H2,1-7H3/t25-,28-,29-,30+,31-,32+;24-,27-,28-,29+,30-,31+;23-,26-,27+,28-,29+/m111/s1. The fourth-order valence-electron chi connectivity index (χ4n) is 27.4. The van der Waals surface area contributed by atoms with Gasteiger partial charge in [0.1, 0.15) is 0 Å². The zero-order valence-corrected chi connectivity index (χ0v) is 67.7. The molecule has 0 bridgehead atoms. The van der Waals surface area contributed by atoms with E-state index in [0.717, 1.165) is 117 Å². The average Bonchev–Trinajstić information content (AvgIpc) is 0.686. The molecule has 0 amide bonds. The van der Waals surface area contributed by atoms with Gasteiger partial charge in [0.05, 0.1) is 46.4 Å². The lowest BCUT2D eigenvalue weighted by atomic mass is 9.34. The smallest absolute Gasteiger partial charge is 0.311 e. The first-order valence-corrected chi connectivity index (χ1v) is 39.7. The van der Waals surface area contributed by atoms with E-state index in [4.69, 9.17) is 23.7 Å². The lowest BCUT2D eigenvalue weighted by Gasteiger charge is -2.70. The third-order valence-corrected chi connectivity index (χ3v) is 35.2. The second-order valence-corrected chi connectivity index (χ2v) is 40.3. The van der Waals surface area contributed by atoms with Crippen molar-refractivity contribution in [3.8, 4) is 23.0 Å². The highest BCUT2D eigenvalue weighted by Gasteiger charge is 2.71. The van der Waals surface area contributed by atoms with Crippen molar-refractivity contribution in [3.63, 3.8) is 0 Å². The van der Waals surface area contributed by atoms with Crippen molar-refractivity contribution in [1.82, 2.24) is 0 Å². The third kappa shape index (κ3) is 10.1. The minimum Gasteiger partial charge on any atom is -0.504 e. The number of aliphatic hydroxyl groups excluding tert-OH is 1. The number of aromatic hydroxyl groups is 1. The summed E-state index contributed by atoms with van der Waals surface area (Å²) in [5.74, 6) is 3.91. The third-order valence-electron chi connectivity index (χ3n) is 35.2. The number of ether oxygens (including phenoxy) is 5. The van der Waals surface area contributed by atoms with Crippen LogP contribution in [0.5, 0.6) is 23.0 Å². The number of rotatable bonds is 5. The molecule has 9 fully saturated rings. The number of carbonyl (C=O) groups excluding carboxylic acids is 3. The van der Waals surface area contributed by atoms with Crippen molar-refractivity contribution < 1.29 is 48.3 Å². The number of hydrogen-bond acceptors (Lipinski definition) is 10. The minimum atomic E-state index is -0.392. The Kier molecular flexibility index (Phi) is 17.6. The largest absolute Gasteiger partial charge is 0.504 e. The van der Waals surface area contributed by atoms with Gasteiger partial charge in [0.25, 0.3) is 0 Å². The number of phenolic OH excluding ortho intramolecular Hbond substituents is 1. The highest BCUT2D eigenvalue weighted by Crippen LogP contribution is 2.79. The topological polar surface area (TPSA) is 138 Å². The molecule has 10 nitrogen and oxygen atoms in total. The van der Waals surface area contributed by atoms with E-state index >= 15 is 0 Å². The van der Waals surface area contributed by atoms with Gasteiger partial charge in [-0.1, -0.05) is 138 Å². The molecule has 0 aromatic heterocycles. The molecule has 10 heteroatoms. The van der Waals surface area contributed by atoms with Gasteiger partial charge >= 0.3 is 11.9 Å². The van der Waals surface area contributed by atoms with Crippen LogP contribution in [0, 0.1) is 102 Å². The van der Waals surface area contributed by atoms with Gasteiger partial charge in [0.2, 0.25) is 5.78 Å². The zero-order valence-electron chi connectivity index (χ0n) is 67.7. The van der Waals surface area contributed by atoms with Gasteiger partial charge in [-0.05, 0) is 317 Å². The van der Waals surface area contributed by atoms with E-state index in [9.17, 15) is 24.6 Å². The molecular weight excluding hydrogens is 1270 g/mol. The van der Waals surface area contributed by atoms with Gasteiger partial charge in [0, 0.05) is 21.8 Å². The van der Waals surface area contributed by atoms with Crippen LogP contribution in [0.1, 0.15) is 286 Å². The number of hydrogen-bond donors (Lipinski definition) is 2. The predicted molar refractivity (Wildman–Crippen MR) is 409 cm³/mol. The lowest BCUT2D eigenvalue weighted by molar-refractivity contribution is -0.179. The Bertz CT molecular complexity index is 4070. The normalized spacial score (nSPS) is 43.0. The molecule has 0 aliphatic heterocycles. The number of benzene rings is 2. The Balaban J connectivity index is 0.000000137. The second-order valence-electron chi connectivity index (χ2n) is 40.3. The molecule has 0 spiro atoms. The molecule has 2 N–H and O–H groups in total. The molecule has 0 unspecified atom stereocenters. The van der Waals surface area contributed by atoms with Gasteiger partial charge < -0.3 is 33.9 Å². The summed E-state index contributed by atoms with van der Waals surface area (Å²) in [6.07, 6.45) is 37.4. The van der Waals surface area contributed by atoms with Crippen LogP contribution in [-0.4, -0.2) is 63.5 Å². The summed E-state index contributed by atoms with van der Waals surface area (Å²) in [5.41, 5.74) is 16.6. The Labute approximate surface area is 614 Å². The first-order valence-electron chi connectivity index (χ1n) is 39.7. The number of methoxy groups -OCH3 is 5. The molecule has 9 saturated carbocycles. The number of phenols is 1. The summed E-state index contributed by atoms with van der Waals surface area (Å²) < 4.78 is 27.8. The Morgan fingerprint density at radius 2 is 0.843 bits per heavy atom. The van der Waals surface area contributed by atoms with Crippen molar-refractivity contribution in [2.45, 2.75) is 290 Å². The van der Waals surface area contributed by atoms with Crippen molar-refractivity contribution in [2.24, 2.45) is 88.1 Å². The van der Waals surface area contributed by atoms with Crippen molar-refractivity contribution >= 4 is 17.7 Å². The van der Waals surface area contributed by atoms with E-state index in [0.29, 0.717) is 28.4 Å². The summed E-state index contributed by atoms with van der Waals surface area (Å²) in [7, 11) is 8.22. The molecule has 2 aromatic rings. The van der Waals surface area contributed by atoms with Gasteiger partial charge in [-0.2, -0.15) is 0 Å². The van der Waals surface area contributed by atoms with E-state index in [-0.39, 0.29) is 94.2 Å². The molecule has 17 atom stereocenters. The van der Waals surface area contributed by atoms with E-state index in [1.165, 1.54) is 104 Å². The molecule has 0 heterocycles. The van der Waals surface area contributed by atoms with Gasteiger partial charge in [-0.3, -0.25) is 14.4 Å². The first kappa shape index (κ1) is 74.8. The van der Waals surface area contributed by atoms with Crippen LogP contribution in [0.25, 0.3) is 0 Å². The number of esters is 2. The molecule has 13 aliphatic rings. The van der Waals surface area contributed by atoms with Crippen LogP contribution in [0.4, 0.5) is 0 Å². The van der Waals surface area contributed by atoms with Crippen molar-refractivity contribution in [1.29, 1.82) is 0 Å². The molecule has 102 heavy (non-hydrogen) atoms. The number of aliphatic hydroxyl groups is 1. The minimum absolute atomic E-state index is 0.0137. The summed E-state index contributed by atoms with van der Waals surface area (Å²) in [5, 5.41) is 21.0. The van der Waals surface area contributed by atoms with E-state index in [1.54, 1.807) is 52.8 Å². The first-order chi connectivity index (χ1) is 47.4. The van der Waals surface area contributed by atoms with Crippen LogP contribution in [0.2, 0.25) is 0 Å². The Morgan fingerprint density at radius 3 is 1.28 bits per heavy atom. The molecule has 13 aliphatic carbocycles. The molecule has 2 aromatic carbocycles. The lowest BCUT2D eigenvalue weighted by Crippen LogP contribution is -2.62. The zero-order chi connectivity index (χ0) is 74.5. The van der Waals surface area contributed by atoms with E-state index < -0.39 is 5.41 Å². The monoisotopic (exact) mass is 1390 g/mol.